The van der Waals surface area contributed by atoms with Crippen LogP contribution in [0.2, 0.25) is 0 Å². The lowest BCUT2D eigenvalue weighted by Crippen LogP contribution is -1.92. The molecule has 0 aliphatic heterocycles. The van der Waals surface area contributed by atoms with E-state index in [1.54, 1.807) is 0 Å². The summed E-state index contributed by atoms with van der Waals surface area (Å²) in [6.45, 7) is 8.67. The van der Waals surface area contributed by atoms with Gasteiger partial charge in [0.25, 0.3) is 0 Å². The van der Waals surface area contributed by atoms with E-state index in [0.717, 1.165) is 0 Å². The molecule has 0 fully saturated rings. The van der Waals surface area contributed by atoms with Crippen LogP contribution in [0.3, 0.4) is 0 Å². The molecule has 0 saturated carbocycles. The fraction of sp³-hybridized carbons (Fsp3) is 0.250. The molecule has 0 radical (unpaired) electrons. The molecule has 2 aromatic carbocycles. The van der Waals surface area contributed by atoms with Gasteiger partial charge >= 0.3 is 0 Å². The van der Waals surface area contributed by atoms with Gasteiger partial charge in [-0.3, -0.25) is 0 Å². The predicted octanol–water partition coefficient (Wildman–Crippen LogP) is 5.35. The summed E-state index contributed by atoms with van der Waals surface area (Å²) in [5.41, 5.74) is 8.01. The third-order valence-corrected chi connectivity index (χ3v) is 4.11. The van der Waals surface area contributed by atoms with Crippen molar-refractivity contribution in [2.24, 2.45) is 0 Å². The minimum atomic E-state index is 1.19. The zero-order chi connectivity index (χ0) is 12.6. The zero-order valence-corrected chi connectivity index (χ0v) is 12.4. The molecule has 0 unspecified atom stereocenters. The van der Waals surface area contributed by atoms with Gasteiger partial charge in [-0.2, -0.15) is 0 Å². The molecule has 0 heterocycles. The molecule has 0 aliphatic carbocycles. The van der Waals surface area contributed by atoms with Gasteiger partial charge in [-0.25, -0.2) is 0 Å². The van der Waals surface area contributed by atoms with E-state index in [1.165, 1.54) is 37.9 Å². The smallest absolute Gasteiger partial charge is 0.0207 e. The van der Waals surface area contributed by atoms with Crippen LogP contribution in [-0.2, 0) is 0 Å². The van der Waals surface area contributed by atoms with Crippen LogP contribution in [0.15, 0.2) is 34.8 Å². The number of halogens is 1. The van der Waals surface area contributed by atoms with E-state index in [2.05, 4.69) is 74.0 Å². The van der Waals surface area contributed by atoms with Crippen molar-refractivity contribution in [2.45, 2.75) is 27.7 Å². The molecule has 0 nitrogen and oxygen atoms in total. The van der Waals surface area contributed by atoms with Crippen LogP contribution >= 0.6 is 15.9 Å². The SMILES string of the molecule is Cc1cc(-c2c(C)cccc2C)c(C)cc1Br. The van der Waals surface area contributed by atoms with Crippen molar-refractivity contribution in [1.29, 1.82) is 0 Å². The van der Waals surface area contributed by atoms with Crippen molar-refractivity contribution < 1.29 is 0 Å². The fourth-order valence-electron chi connectivity index (χ4n) is 2.29. The monoisotopic (exact) mass is 288 g/mol. The highest BCUT2D eigenvalue weighted by molar-refractivity contribution is 9.10. The first-order valence-corrected chi connectivity index (χ1v) is 6.63. The lowest BCUT2D eigenvalue weighted by molar-refractivity contribution is 1.32. The number of benzene rings is 2. The van der Waals surface area contributed by atoms with Gasteiger partial charge in [0.15, 0.2) is 0 Å². The Hall–Kier alpha value is -1.08. The molecule has 0 spiro atoms. The van der Waals surface area contributed by atoms with E-state index in [1.807, 2.05) is 0 Å². The second kappa shape index (κ2) is 4.66. The largest absolute Gasteiger partial charge is 0.0617 e. The molecule has 0 aliphatic rings. The Labute approximate surface area is 112 Å². The minimum Gasteiger partial charge on any atom is -0.0617 e. The van der Waals surface area contributed by atoms with Gasteiger partial charge in [-0.05, 0) is 67.1 Å². The summed E-state index contributed by atoms with van der Waals surface area (Å²) < 4.78 is 1.19. The topological polar surface area (TPSA) is 0 Å². The van der Waals surface area contributed by atoms with Crippen LogP contribution in [0.25, 0.3) is 11.1 Å². The molecule has 0 aromatic heterocycles. The highest BCUT2D eigenvalue weighted by Gasteiger charge is 2.09. The van der Waals surface area contributed by atoms with Crippen LogP contribution in [-0.4, -0.2) is 0 Å². The molecule has 0 amide bonds. The van der Waals surface area contributed by atoms with Crippen molar-refractivity contribution in [3.63, 3.8) is 0 Å². The summed E-state index contributed by atoms with van der Waals surface area (Å²) in [4.78, 5) is 0. The Morgan fingerprint density at radius 1 is 0.765 bits per heavy atom. The van der Waals surface area contributed by atoms with Gasteiger partial charge in [-0.15, -0.1) is 0 Å². The lowest BCUT2D eigenvalue weighted by atomic mass is 9.92. The summed E-state index contributed by atoms with van der Waals surface area (Å²) >= 11 is 3.59. The number of rotatable bonds is 1. The van der Waals surface area contributed by atoms with Crippen molar-refractivity contribution in [2.75, 3.05) is 0 Å². The molecule has 0 N–H and O–H groups in total. The Balaban J connectivity index is 2.73. The van der Waals surface area contributed by atoms with Gasteiger partial charge in [0.1, 0.15) is 0 Å². The standard InChI is InChI=1S/C16H17Br/c1-10-6-5-7-11(2)16(10)14-8-13(4)15(17)9-12(14)3/h5-9H,1-4H3. The Bertz CT molecular complexity index is 548. The summed E-state index contributed by atoms with van der Waals surface area (Å²) in [6.07, 6.45) is 0. The number of aryl methyl sites for hydroxylation is 4. The van der Waals surface area contributed by atoms with Gasteiger partial charge in [0.2, 0.25) is 0 Å². The molecule has 0 bridgehead atoms. The maximum Gasteiger partial charge on any atom is 0.0207 e. The minimum absolute atomic E-state index is 1.19. The van der Waals surface area contributed by atoms with Crippen LogP contribution in [0.5, 0.6) is 0 Å². The molecule has 0 atom stereocenters. The number of hydrogen-bond donors (Lipinski definition) is 0. The molecule has 0 saturated heterocycles. The summed E-state index contributed by atoms with van der Waals surface area (Å²) in [5, 5.41) is 0. The first-order valence-electron chi connectivity index (χ1n) is 5.84. The molecule has 2 aromatic rings. The Morgan fingerprint density at radius 2 is 1.35 bits per heavy atom. The van der Waals surface area contributed by atoms with Gasteiger partial charge in [-0.1, -0.05) is 40.2 Å². The van der Waals surface area contributed by atoms with Crippen LogP contribution in [0.4, 0.5) is 0 Å². The molecular formula is C16H17Br. The Morgan fingerprint density at radius 3 is 1.94 bits per heavy atom. The van der Waals surface area contributed by atoms with Gasteiger partial charge in [0.05, 0.1) is 0 Å². The summed E-state index contributed by atoms with van der Waals surface area (Å²) in [5.74, 6) is 0. The van der Waals surface area contributed by atoms with E-state index >= 15 is 0 Å². The maximum absolute atomic E-state index is 3.59. The van der Waals surface area contributed by atoms with E-state index < -0.39 is 0 Å². The predicted molar refractivity (Wildman–Crippen MR) is 78.5 cm³/mol. The summed E-state index contributed by atoms with van der Waals surface area (Å²) in [7, 11) is 0. The normalized spacial score (nSPS) is 10.6. The molecule has 2 rings (SSSR count). The van der Waals surface area contributed by atoms with Crippen LogP contribution in [0, 0.1) is 27.7 Å². The van der Waals surface area contributed by atoms with Gasteiger partial charge in [0, 0.05) is 4.47 Å². The highest BCUT2D eigenvalue weighted by Crippen LogP contribution is 2.33. The molecular weight excluding hydrogens is 272 g/mol. The van der Waals surface area contributed by atoms with Crippen LogP contribution in [0.1, 0.15) is 22.3 Å². The lowest BCUT2D eigenvalue weighted by Gasteiger charge is -2.14. The molecule has 1 heteroatoms. The quantitative estimate of drug-likeness (QED) is 0.664. The van der Waals surface area contributed by atoms with Gasteiger partial charge < -0.3 is 0 Å². The van der Waals surface area contributed by atoms with E-state index in [9.17, 15) is 0 Å². The highest BCUT2D eigenvalue weighted by atomic mass is 79.9. The van der Waals surface area contributed by atoms with E-state index in [-0.39, 0.29) is 0 Å². The summed E-state index contributed by atoms with van der Waals surface area (Å²) in [6, 6.07) is 11.0. The van der Waals surface area contributed by atoms with E-state index in [4.69, 9.17) is 0 Å². The van der Waals surface area contributed by atoms with E-state index in [0.29, 0.717) is 0 Å². The Kier molecular flexibility index (Phi) is 3.39. The second-order valence-corrected chi connectivity index (χ2v) is 5.54. The zero-order valence-electron chi connectivity index (χ0n) is 10.8. The van der Waals surface area contributed by atoms with Crippen molar-refractivity contribution in [1.82, 2.24) is 0 Å². The second-order valence-electron chi connectivity index (χ2n) is 4.68. The average molecular weight is 289 g/mol. The molecule has 17 heavy (non-hydrogen) atoms. The average Bonchev–Trinajstić information content (AvgIpc) is 2.25. The van der Waals surface area contributed by atoms with Crippen molar-refractivity contribution in [3.05, 3.63) is 57.1 Å². The molecule has 88 valence electrons. The van der Waals surface area contributed by atoms with Crippen molar-refractivity contribution >= 4 is 15.9 Å². The third kappa shape index (κ3) is 2.30. The maximum atomic E-state index is 3.59. The first kappa shape index (κ1) is 12.4. The third-order valence-electron chi connectivity index (χ3n) is 3.26. The van der Waals surface area contributed by atoms with Crippen molar-refractivity contribution in [3.8, 4) is 11.1 Å². The van der Waals surface area contributed by atoms with Crippen LogP contribution < -0.4 is 0 Å². The fourth-order valence-corrected chi connectivity index (χ4v) is 2.75. The number of hydrogen-bond acceptors (Lipinski definition) is 0. The first-order chi connectivity index (χ1) is 8.00.